The first-order valence-corrected chi connectivity index (χ1v) is 7.85. The maximum Gasteiger partial charge on any atom is 0.280 e. The Morgan fingerprint density at radius 1 is 1.17 bits per heavy atom. The molecule has 0 bridgehead atoms. The minimum Gasteiger partial charge on any atom is -0.334 e. The van der Waals surface area contributed by atoms with Crippen LogP contribution in [0.15, 0.2) is 46.3 Å². The van der Waals surface area contributed by atoms with E-state index in [0.29, 0.717) is 21.5 Å². The van der Waals surface area contributed by atoms with Crippen molar-refractivity contribution in [2.24, 2.45) is 0 Å². The highest BCUT2D eigenvalue weighted by Gasteiger charge is 2.11. The normalized spacial score (nSPS) is 11.1. The molecule has 0 fully saturated rings. The van der Waals surface area contributed by atoms with E-state index in [0.717, 1.165) is 22.5 Å². The number of nitrogen functional groups attached to an aromatic ring is 1. The van der Waals surface area contributed by atoms with E-state index in [-0.39, 0.29) is 10.9 Å². The fourth-order valence-electron chi connectivity index (χ4n) is 2.10. The van der Waals surface area contributed by atoms with Crippen molar-refractivity contribution in [1.82, 2.24) is 9.66 Å². The van der Waals surface area contributed by atoms with Crippen molar-refractivity contribution in [3.8, 4) is 0 Å². The summed E-state index contributed by atoms with van der Waals surface area (Å²) in [6, 6.07) is 7.91. The van der Waals surface area contributed by atoms with Gasteiger partial charge in [0, 0.05) is 16.8 Å². The molecule has 0 amide bonds. The molecular weight excluding hydrogens is 344 g/mol. The van der Waals surface area contributed by atoms with Crippen molar-refractivity contribution >= 4 is 34.3 Å². The van der Waals surface area contributed by atoms with Gasteiger partial charge in [0.2, 0.25) is 0 Å². The van der Waals surface area contributed by atoms with E-state index < -0.39 is 17.2 Å². The van der Waals surface area contributed by atoms with E-state index >= 15 is 0 Å². The van der Waals surface area contributed by atoms with Crippen LogP contribution in [0.4, 0.5) is 8.78 Å². The van der Waals surface area contributed by atoms with Gasteiger partial charge in [-0.15, -0.1) is 0 Å². The summed E-state index contributed by atoms with van der Waals surface area (Å²) in [6.07, 6.45) is 0. The van der Waals surface area contributed by atoms with Crippen LogP contribution in [-0.4, -0.2) is 9.66 Å². The van der Waals surface area contributed by atoms with E-state index in [1.807, 2.05) is 0 Å². The van der Waals surface area contributed by atoms with Gasteiger partial charge in [-0.25, -0.2) is 18.4 Å². The number of thioether (sulfide) groups is 1. The molecule has 0 spiro atoms. The first kappa shape index (κ1) is 15.8. The number of hydrogen-bond acceptors (Lipinski definition) is 4. The Morgan fingerprint density at radius 3 is 2.57 bits per heavy atom. The van der Waals surface area contributed by atoms with Crippen LogP contribution in [-0.2, 0) is 5.75 Å². The molecule has 0 aliphatic heterocycles. The molecular formula is C15H10ClF2N3OS. The molecule has 2 N–H and O–H groups in total. The topological polar surface area (TPSA) is 60.9 Å². The summed E-state index contributed by atoms with van der Waals surface area (Å²) < 4.78 is 27.3. The molecule has 0 radical (unpaired) electrons. The fourth-order valence-corrected chi connectivity index (χ4v) is 3.11. The minimum atomic E-state index is -0.663. The predicted octanol–water partition coefficient (Wildman–Crippen LogP) is 3.33. The van der Waals surface area contributed by atoms with Crippen molar-refractivity contribution < 1.29 is 8.78 Å². The maximum atomic E-state index is 13.2. The first-order chi connectivity index (χ1) is 10.9. The Balaban J connectivity index is 1.96. The second-order valence-corrected chi connectivity index (χ2v) is 6.18. The summed E-state index contributed by atoms with van der Waals surface area (Å²) in [5, 5.41) is 1.02. The highest BCUT2D eigenvalue weighted by atomic mass is 35.5. The summed E-state index contributed by atoms with van der Waals surface area (Å²) in [7, 11) is 0. The first-order valence-electron chi connectivity index (χ1n) is 6.49. The van der Waals surface area contributed by atoms with Crippen molar-refractivity contribution in [1.29, 1.82) is 0 Å². The van der Waals surface area contributed by atoms with Crippen LogP contribution in [0.3, 0.4) is 0 Å². The second kappa shape index (κ2) is 6.17. The molecule has 0 atom stereocenters. The Hall–Kier alpha value is -2.12. The molecule has 0 aliphatic rings. The van der Waals surface area contributed by atoms with E-state index in [4.69, 9.17) is 17.4 Å². The summed E-state index contributed by atoms with van der Waals surface area (Å²) in [5.41, 5.74) is 0.421. The molecule has 2 aromatic carbocycles. The number of halogens is 3. The van der Waals surface area contributed by atoms with E-state index in [1.54, 1.807) is 18.2 Å². The van der Waals surface area contributed by atoms with Crippen LogP contribution < -0.4 is 11.4 Å². The monoisotopic (exact) mass is 353 g/mol. The molecule has 8 heteroatoms. The zero-order valence-corrected chi connectivity index (χ0v) is 13.2. The van der Waals surface area contributed by atoms with Gasteiger partial charge in [-0.2, -0.15) is 0 Å². The maximum absolute atomic E-state index is 13.2. The van der Waals surface area contributed by atoms with Gasteiger partial charge in [0.05, 0.1) is 10.9 Å². The Morgan fingerprint density at radius 2 is 1.87 bits per heavy atom. The summed E-state index contributed by atoms with van der Waals surface area (Å²) in [5.74, 6) is 4.64. The van der Waals surface area contributed by atoms with Crippen molar-refractivity contribution in [2.75, 3.05) is 5.84 Å². The Labute approximate surface area is 138 Å². The molecule has 0 unspecified atom stereocenters. The van der Waals surface area contributed by atoms with Crippen molar-refractivity contribution in [3.05, 3.63) is 69.0 Å². The minimum absolute atomic E-state index is 0.213. The average Bonchev–Trinajstić information content (AvgIpc) is 2.48. The lowest BCUT2D eigenvalue weighted by molar-refractivity contribution is 0.581. The third-order valence-corrected chi connectivity index (χ3v) is 4.38. The molecule has 0 saturated heterocycles. The number of hydrogen-bond donors (Lipinski definition) is 1. The molecule has 23 heavy (non-hydrogen) atoms. The number of benzene rings is 2. The van der Waals surface area contributed by atoms with E-state index in [1.165, 1.54) is 12.1 Å². The summed E-state index contributed by atoms with van der Waals surface area (Å²) in [4.78, 5) is 16.5. The van der Waals surface area contributed by atoms with E-state index in [2.05, 4.69) is 4.98 Å². The summed E-state index contributed by atoms with van der Waals surface area (Å²) >= 11 is 7.00. The van der Waals surface area contributed by atoms with Crippen LogP contribution in [0.2, 0.25) is 5.02 Å². The van der Waals surface area contributed by atoms with Gasteiger partial charge >= 0.3 is 0 Å². The van der Waals surface area contributed by atoms with Crippen molar-refractivity contribution in [3.63, 3.8) is 0 Å². The molecule has 4 nitrogen and oxygen atoms in total. The average molecular weight is 354 g/mol. The smallest absolute Gasteiger partial charge is 0.280 e. The number of nitrogens with zero attached hydrogens (tertiary/aromatic N) is 2. The quantitative estimate of drug-likeness (QED) is 0.445. The lowest BCUT2D eigenvalue weighted by atomic mass is 10.2. The molecule has 0 aliphatic carbocycles. The van der Waals surface area contributed by atoms with Gasteiger partial charge in [0.25, 0.3) is 5.56 Å². The van der Waals surface area contributed by atoms with Crippen LogP contribution in [0, 0.1) is 11.6 Å². The highest BCUT2D eigenvalue weighted by molar-refractivity contribution is 7.98. The number of rotatable bonds is 3. The lowest BCUT2D eigenvalue weighted by Gasteiger charge is -2.08. The van der Waals surface area contributed by atoms with Gasteiger partial charge < -0.3 is 5.84 Å². The lowest BCUT2D eigenvalue weighted by Crippen LogP contribution is -2.29. The van der Waals surface area contributed by atoms with Gasteiger partial charge in [-0.3, -0.25) is 4.79 Å². The molecule has 3 rings (SSSR count). The largest absolute Gasteiger partial charge is 0.334 e. The second-order valence-electron chi connectivity index (χ2n) is 4.80. The molecule has 118 valence electrons. The molecule has 1 aromatic heterocycles. The SMILES string of the molecule is Nn1c(SCc2cc(F)cc(F)c2)nc2cc(Cl)ccc2c1=O. The molecule has 1 heterocycles. The Bertz CT molecular complexity index is 941. The van der Waals surface area contributed by atoms with Gasteiger partial charge in [0.15, 0.2) is 5.16 Å². The van der Waals surface area contributed by atoms with Crippen LogP contribution in [0.5, 0.6) is 0 Å². The van der Waals surface area contributed by atoms with Gasteiger partial charge in [0.1, 0.15) is 11.6 Å². The third kappa shape index (κ3) is 3.30. The van der Waals surface area contributed by atoms with Gasteiger partial charge in [-0.1, -0.05) is 23.4 Å². The van der Waals surface area contributed by atoms with Crippen molar-refractivity contribution in [2.45, 2.75) is 10.9 Å². The molecule has 0 saturated carbocycles. The fraction of sp³-hybridized carbons (Fsp3) is 0.0667. The van der Waals surface area contributed by atoms with Gasteiger partial charge in [-0.05, 0) is 35.9 Å². The summed E-state index contributed by atoms with van der Waals surface area (Å²) in [6.45, 7) is 0. The predicted molar refractivity (Wildman–Crippen MR) is 87.1 cm³/mol. The van der Waals surface area contributed by atoms with E-state index in [9.17, 15) is 13.6 Å². The highest BCUT2D eigenvalue weighted by Crippen LogP contribution is 2.23. The zero-order valence-electron chi connectivity index (χ0n) is 11.6. The molecule has 3 aromatic rings. The zero-order chi connectivity index (χ0) is 16.6. The number of nitrogens with two attached hydrogens (primary N) is 1. The van der Waals surface area contributed by atoms with Crippen LogP contribution in [0.1, 0.15) is 5.56 Å². The number of aromatic nitrogens is 2. The Kier molecular flexibility index (Phi) is 4.23. The standard InChI is InChI=1S/C15H10ClF2N3OS/c16-9-1-2-12-13(5-9)20-15(21(19)14(12)22)23-7-8-3-10(17)6-11(18)4-8/h1-6H,7,19H2. The van der Waals surface area contributed by atoms with Crippen LogP contribution >= 0.6 is 23.4 Å². The number of fused-ring (bicyclic) bond motifs is 1. The van der Waals surface area contributed by atoms with Crippen LogP contribution in [0.25, 0.3) is 10.9 Å². The third-order valence-electron chi connectivity index (χ3n) is 3.12.